The van der Waals surface area contributed by atoms with E-state index in [-0.39, 0.29) is 11.9 Å². The molecular formula is C14H23N3OS2. The van der Waals surface area contributed by atoms with Crippen LogP contribution in [-0.2, 0) is 4.79 Å². The van der Waals surface area contributed by atoms with Crippen LogP contribution < -0.4 is 11.1 Å². The van der Waals surface area contributed by atoms with Crippen molar-refractivity contribution in [2.24, 2.45) is 17.1 Å². The first-order valence-electron chi connectivity index (χ1n) is 7.18. The molecule has 0 bridgehead atoms. The molecule has 3 N–H and O–H groups in total. The zero-order valence-corrected chi connectivity index (χ0v) is 13.7. The number of nitrogens with one attached hydrogen (secondary N) is 1. The monoisotopic (exact) mass is 313 g/mol. The largest absolute Gasteiger partial charge is 0.369 e. The molecule has 112 valence electrons. The van der Waals surface area contributed by atoms with Crippen molar-refractivity contribution in [3.05, 3.63) is 12.3 Å². The molecule has 0 saturated carbocycles. The fourth-order valence-electron chi connectivity index (χ4n) is 3.15. The number of amides is 1. The van der Waals surface area contributed by atoms with Crippen LogP contribution in [0.25, 0.3) is 0 Å². The van der Waals surface area contributed by atoms with E-state index in [1.54, 1.807) is 0 Å². The zero-order valence-electron chi connectivity index (χ0n) is 12.1. The van der Waals surface area contributed by atoms with Crippen LogP contribution >= 0.6 is 24.0 Å². The molecule has 2 aliphatic heterocycles. The van der Waals surface area contributed by atoms with E-state index in [0.29, 0.717) is 11.0 Å². The van der Waals surface area contributed by atoms with Gasteiger partial charge in [0.25, 0.3) is 0 Å². The normalized spacial score (nSPS) is 33.3. The van der Waals surface area contributed by atoms with E-state index >= 15 is 0 Å². The average molecular weight is 313 g/mol. The Morgan fingerprint density at radius 2 is 2.40 bits per heavy atom. The zero-order chi connectivity index (χ0) is 14.8. The van der Waals surface area contributed by atoms with Gasteiger partial charge in [-0.1, -0.05) is 19.4 Å². The lowest BCUT2D eigenvalue weighted by atomic mass is 9.72. The summed E-state index contributed by atoms with van der Waals surface area (Å²) in [4.78, 5) is 14.2. The Labute approximate surface area is 130 Å². The molecule has 2 rings (SSSR count). The quantitative estimate of drug-likeness (QED) is 0.774. The second-order valence-electron chi connectivity index (χ2n) is 5.50. The molecule has 0 aliphatic carbocycles. The highest BCUT2D eigenvalue weighted by atomic mass is 32.2. The van der Waals surface area contributed by atoms with Gasteiger partial charge in [0.1, 0.15) is 0 Å². The maximum atomic E-state index is 12.2. The maximum absolute atomic E-state index is 12.2. The molecule has 1 amide bonds. The fourth-order valence-corrected chi connectivity index (χ4v) is 4.99. The van der Waals surface area contributed by atoms with Crippen LogP contribution in [0.2, 0.25) is 0 Å². The van der Waals surface area contributed by atoms with Gasteiger partial charge in [-0.15, -0.1) is 0 Å². The summed E-state index contributed by atoms with van der Waals surface area (Å²) in [5.41, 5.74) is 5.29. The van der Waals surface area contributed by atoms with E-state index in [9.17, 15) is 4.79 Å². The number of hydrogen-bond acceptors (Lipinski definition) is 3. The molecule has 0 aromatic carbocycles. The summed E-state index contributed by atoms with van der Waals surface area (Å²) >= 11 is 7.28. The summed E-state index contributed by atoms with van der Waals surface area (Å²) in [6.07, 6.45) is 5.98. The molecule has 2 heterocycles. The highest BCUT2D eigenvalue weighted by molar-refractivity contribution is 7.99. The molecule has 0 radical (unpaired) electrons. The van der Waals surface area contributed by atoms with Crippen LogP contribution in [0.3, 0.4) is 0 Å². The van der Waals surface area contributed by atoms with Gasteiger partial charge in [0.05, 0.1) is 11.5 Å². The molecule has 4 nitrogen and oxygen atoms in total. The van der Waals surface area contributed by atoms with Crippen LogP contribution in [0.5, 0.6) is 0 Å². The highest BCUT2D eigenvalue weighted by Crippen LogP contribution is 2.42. The van der Waals surface area contributed by atoms with E-state index in [1.807, 2.05) is 22.9 Å². The van der Waals surface area contributed by atoms with Crippen molar-refractivity contribution in [3.63, 3.8) is 0 Å². The Hall–Kier alpha value is -0.750. The Balaban J connectivity index is 2.35. The second kappa shape index (κ2) is 6.35. The van der Waals surface area contributed by atoms with Gasteiger partial charge in [0, 0.05) is 30.2 Å². The summed E-state index contributed by atoms with van der Waals surface area (Å²) in [6, 6.07) is 0.0153. The Morgan fingerprint density at radius 3 is 3.00 bits per heavy atom. The van der Waals surface area contributed by atoms with Gasteiger partial charge in [0.2, 0.25) is 5.91 Å². The molecule has 0 aromatic heterocycles. The lowest BCUT2D eigenvalue weighted by Gasteiger charge is -2.45. The van der Waals surface area contributed by atoms with Crippen molar-refractivity contribution < 1.29 is 4.79 Å². The minimum atomic E-state index is -0.500. The van der Waals surface area contributed by atoms with Crippen molar-refractivity contribution in [3.8, 4) is 0 Å². The molecule has 1 fully saturated rings. The minimum Gasteiger partial charge on any atom is -0.369 e. The number of rotatable bonds is 4. The Bertz CT molecular complexity index is 423. The van der Waals surface area contributed by atoms with Crippen LogP contribution in [0.1, 0.15) is 26.7 Å². The highest BCUT2D eigenvalue weighted by Gasteiger charge is 2.50. The second-order valence-corrected chi connectivity index (χ2v) is 6.92. The number of fused-ring (bicyclic) bond motifs is 1. The van der Waals surface area contributed by atoms with Crippen molar-refractivity contribution in [2.45, 2.75) is 32.7 Å². The van der Waals surface area contributed by atoms with E-state index in [4.69, 9.17) is 18.0 Å². The minimum absolute atomic E-state index is 0.0153. The summed E-state index contributed by atoms with van der Waals surface area (Å²) < 4.78 is 0. The lowest BCUT2D eigenvalue weighted by Crippen LogP contribution is -2.61. The summed E-state index contributed by atoms with van der Waals surface area (Å²) in [5.74, 6) is 1.89. The Kier molecular flexibility index (Phi) is 4.96. The molecule has 3 atom stereocenters. The molecule has 2 unspecified atom stereocenters. The standard InChI is InChI=1S/C14H23N3OS2/c1-3-6-14(12(15)18)9-20-8-10-5-7-17(4-2)13(19)16-11(10)14/h5,7,10-11H,3-4,6,8-9H2,1-2H3,(H2,15,18)(H,16,19)/t10?,11?,14-/m1/s1. The first-order chi connectivity index (χ1) is 9.55. The van der Waals surface area contributed by atoms with Crippen LogP contribution in [0.4, 0.5) is 0 Å². The van der Waals surface area contributed by atoms with Gasteiger partial charge < -0.3 is 16.0 Å². The predicted molar refractivity (Wildman–Crippen MR) is 88.4 cm³/mol. The Morgan fingerprint density at radius 1 is 1.65 bits per heavy atom. The first-order valence-corrected chi connectivity index (χ1v) is 8.74. The van der Waals surface area contributed by atoms with E-state index in [0.717, 1.165) is 30.9 Å². The van der Waals surface area contributed by atoms with Crippen molar-refractivity contribution in [1.82, 2.24) is 10.2 Å². The van der Waals surface area contributed by atoms with Gasteiger partial charge in [0.15, 0.2) is 5.11 Å². The van der Waals surface area contributed by atoms with Gasteiger partial charge in [-0.2, -0.15) is 11.8 Å². The lowest BCUT2D eigenvalue weighted by molar-refractivity contribution is -0.129. The third-order valence-electron chi connectivity index (χ3n) is 4.27. The number of nitrogens with two attached hydrogens (primary N) is 1. The number of carbonyl (C=O) groups excluding carboxylic acids is 1. The third-order valence-corrected chi connectivity index (χ3v) is 5.97. The predicted octanol–water partition coefficient (Wildman–Crippen LogP) is 1.71. The molecule has 0 aromatic rings. The topological polar surface area (TPSA) is 58.4 Å². The number of hydrogen-bond donors (Lipinski definition) is 2. The first kappa shape index (κ1) is 15.6. The molecule has 1 saturated heterocycles. The number of primary amides is 1. The maximum Gasteiger partial charge on any atom is 0.226 e. The average Bonchev–Trinajstić information content (AvgIpc) is 2.58. The number of thioether (sulfide) groups is 1. The molecular weight excluding hydrogens is 290 g/mol. The summed E-state index contributed by atoms with van der Waals surface area (Å²) in [7, 11) is 0. The molecule has 6 heteroatoms. The SMILES string of the molecule is CCC[C@@]1(C(N)=O)CSCC2C=CN(CC)C(=S)NC21. The van der Waals surface area contributed by atoms with Crippen LogP contribution in [0, 0.1) is 11.3 Å². The van der Waals surface area contributed by atoms with Gasteiger partial charge in [-0.25, -0.2) is 0 Å². The van der Waals surface area contributed by atoms with Crippen LogP contribution in [-0.4, -0.2) is 40.0 Å². The van der Waals surface area contributed by atoms with Crippen molar-refractivity contribution >= 4 is 35.0 Å². The van der Waals surface area contributed by atoms with E-state index in [2.05, 4.69) is 25.2 Å². The van der Waals surface area contributed by atoms with Gasteiger partial charge in [-0.3, -0.25) is 4.79 Å². The number of carbonyl (C=O) groups is 1. The summed E-state index contributed by atoms with van der Waals surface area (Å²) in [6.45, 7) is 4.99. The van der Waals surface area contributed by atoms with E-state index in [1.165, 1.54) is 0 Å². The third kappa shape index (κ3) is 2.68. The van der Waals surface area contributed by atoms with Crippen molar-refractivity contribution in [1.29, 1.82) is 0 Å². The molecule has 0 spiro atoms. The summed E-state index contributed by atoms with van der Waals surface area (Å²) in [5, 5.41) is 4.12. The molecule has 2 aliphatic rings. The number of thiocarbonyl (C=S) groups is 1. The van der Waals surface area contributed by atoms with Gasteiger partial charge >= 0.3 is 0 Å². The fraction of sp³-hybridized carbons (Fsp3) is 0.714. The van der Waals surface area contributed by atoms with E-state index < -0.39 is 5.41 Å². The van der Waals surface area contributed by atoms with Gasteiger partial charge in [-0.05, 0) is 25.6 Å². The van der Waals surface area contributed by atoms with Crippen LogP contribution in [0.15, 0.2) is 12.3 Å². The van der Waals surface area contributed by atoms with Crippen molar-refractivity contribution in [2.75, 3.05) is 18.1 Å². The number of nitrogens with zero attached hydrogens (tertiary/aromatic N) is 1. The smallest absolute Gasteiger partial charge is 0.226 e. The molecule has 20 heavy (non-hydrogen) atoms.